The molecule has 0 atom stereocenters. The third kappa shape index (κ3) is 3.94. The lowest BCUT2D eigenvalue weighted by Crippen LogP contribution is -2.30. The first kappa shape index (κ1) is 18.7. The molecule has 1 heterocycles. The number of amides is 2. The summed E-state index contributed by atoms with van der Waals surface area (Å²) in [6.45, 7) is 0.678. The molecule has 2 aromatic carbocycles. The van der Waals surface area contributed by atoms with Gasteiger partial charge in [0.1, 0.15) is 0 Å². The van der Waals surface area contributed by atoms with Gasteiger partial charge in [0.25, 0.3) is 0 Å². The van der Waals surface area contributed by atoms with E-state index in [9.17, 15) is 18.0 Å². The Morgan fingerprint density at radius 2 is 1.82 bits per heavy atom. The Morgan fingerprint density at radius 3 is 2.54 bits per heavy atom. The summed E-state index contributed by atoms with van der Waals surface area (Å²) < 4.78 is 24.6. The van der Waals surface area contributed by atoms with Crippen molar-refractivity contribution in [2.45, 2.75) is 30.6 Å². The van der Waals surface area contributed by atoms with Crippen LogP contribution in [0.15, 0.2) is 53.4 Å². The van der Waals surface area contributed by atoms with E-state index in [2.05, 4.69) is 5.32 Å². The van der Waals surface area contributed by atoms with Crippen LogP contribution in [0.4, 0.5) is 11.4 Å². The highest BCUT2D eigenvalue weighted by Crippen LogP contribution is 2.37. The van der Waals surface area contributed by atoms with Gasteiger partial charge in [-0.1, -0.05) is 24.3 Å². The molecular formula is C21H22N2O4S. The summed E-state index contributed by atoms with van der Waals surface area (Å²) in [5.74, 6) is -0.304. The van der Waals surface area contributed by atoms with E-state index >= 15 is 0 Å². The second-order valence-electron chi connectivity index (χ2n) is 7.29. The van der Waals surface area contributed by atoms with Gasteiger partial charge in [-0.15, -0.1) is 0 Å². The van der Waals surface area contributed by atoms with Gasteiger partial charge in [0.15, 0.2) is 9.84 Å². The van der Waals surface area contributed by atoms with E-state index in [0.717, 1.165) is 30.5 Å². The lowest BCUT2D eigenvalue weighted by atomic mass is 10.1. The first-order valence-corrected chi connectivity index (χ1v) is 11.1. The average molecular weight is 398 g/mol. The fourth-order valence-electron chi connectivity index (χ4n) is 3.43. The lowest BCUT2D eigenvalue weighted by Gasteiger charge is -2.18. The maximum absolute atomic E-state index is 12.4. The standard InChI is InChI=1S/C21H22N2O4S/c24-20(11-13-28(26,27)18-4-2-1-3-5-18)22-17-9-8-15-10-12-23(19(15)14-17)21(25)16-6-7-16/h1-5,8-9,14,16H,6-7,10-13H2,(H,22,24). The Kier molecular flexibility index (Phi) is 4.93. The van der Waals surface area contributed by atoms with Gasteiger partial charge < -0.3 is 10.2 Å². The number of hydrogen-bond donors (Lipinski definition) is 1. The summed E-state index contributed by atoms with van der Waals surface area (Å²) in [5.41, 5.74) is 2.53. The molecular weight excluding hydrogens is 376 g/mol. The van der Waals surface area contributed by atoms with Gasteiger partial charge in [0.05, 0.1) is 10.6 Å². The Hall–Kier alpha value is -2.67. The largest absolute Gasteiger partial charge is 0.326 e. The molecule has 1 fully saturated rings. The van der Waals surface area contributed by atoms with E-state index in [1.54, 1.807) is 24.3 Å². The van der Waals surface area contributed by atoms with E-state index in [1.807, 2.05) is 17.0 Å². The molecule has 0 saturated heterocycles. The fourth-order valence-corrected chi connectivity index (χ4v) is 4.69. The predicted molar refractivity (Wildman–Crippen MR) is 107 cm³/mol. The molecule has 6 nitrogen and oxygen atoms in total. The third-order valence-corrected chi connectivity index (χ3v) is 6.89. The molecule has 0 spiro atoms. The second kappa shape index (κ2) is 7.39. The van der Waals surface area contributed by atoms with Crippen LogP contribution in [0.2, 0.25) is 0 Å². The topological polar surface area (TPSA) is 83.6 Å². The predicted octanol–water partition coefficient (Wildman–Crippen LogP) is 2.79. The lowest BCUT2D eigenvalue weighted by molar-refractivity contribution is -0.119. The van der Waals surface area contributed by atoms with Crippen molar-refractivity contribution in [3.63, 3.8) is 0 Å². The Bertz CT molecular complexity index is 1010. The smallest absolute Gasteiger partial charge is 0.230 e. The monoisotopic (exact) mass is 398 g/mol. The molecule has 1 N–H and O–H groups in total. The number of hydrogen-bond acceptors (Lipinski definition) is 4. The summed E-state index contributed by atoms with van der Waals surface area (Å²) >= 11 is 0. The quantitative estimate of drug-likeness (QED) is 0.811. The maximum atomic E-state index is 12.4. The molecule has 2 amide bonds. The second-order valence-corrected chi connectivity index (χ2v) is 9.40. The van der Waals surface area contributed by atoms with Crippen LogP contribution in [0.5, 0.6) is 0 Å². The van der Waals surface area contributed by atoms with Crippen LogP contribution in [0, 0.1) is 5.92 Å². The van der Waals surface area contributed by atoms with Crippen molar-refractivity contribution in [1.82, 2.24) is 0 Å². The summed E-state index contributed by atoms with van der Waals surface area (Å²) in [6.07, 6.45) is 2.60. The number of sulfone groups is 1. The number of carbonyl (C=O) groups is 2. The highest BCUT2D eigenvalue weighted by atomic mass is 32.2. The Morgan fingerprint density at radius 1 is 1.07 bits per heavy atom. The normalized spacial score (nSPS) is 15.9. The molecule has 1 aliphatic carbocycles. The van der Waals surface area contributed by atoms with Crippen LogP contribution in [0.1, 0.15) is 24.8 Å². The zero-order valence-electron chi connectivity index (χ0n) is 15.4. The van der Waals surface area contributed by atoms with Crippen molar-refractivity contribution in [2.75, 3.05) is 22.5 Å². The fraction of sp³-hybridized carbons (Fsp3) is 0.333. The SMILES string of the molecule is O=C(CCS(=O)(=O)c1ccccc1)Nc1ccc2c(c1)N(C(=O)C1CC1)CC2. The van der Waals surface area contributed by atoms with Crippen molar-refractivity contribution >= 4 is 33.0 Å². The van der Waals surface area contributed by atoms with Gasteiger partial charge in [0, 0.05) is 30.3 Å². The number of anilines is 2. The minimum Gasteiger partial charge on any atom is -0.326 e. The molecule has 146 valence electrons. The number of fused-ring (bicyclic) bond motifs is 1. The number of benzene rings is 2. The average Bonchev–Trinajstić information content (AvgIpc) is 3.46. The van der Waals surface area contributed by atoms with Crippen LogP contribution in [0.25, 0.3) is 0 Å². The van der Waals surface area contributed by atoms with Crippen molar-refractivity contribution in [1.29, 1.82) is 0 Å². The summed E-state index contributed by atoms with van der Waals surface area (Å²) in [7, 11) is -3.49. The van der Waals surface area contributed by atoms with Gasteiger partial charge in [-0.05, 0) is 49.1 Å². The minimum absolute atomic E-state index is 0.126. The zero-order valence-corrected chi connectivity index (χ0v) is 16.2. The molecule has 2 aromatic rings. The van der Waals surface area contributed by atoms with Crippen LogP contribution in [0.3, 0.4) is 0 Å². The number of nitrogens with one attached hydrogen (secondary N) is 1. The maximum Gasteiger partial charge on any atom is 0.230 e. The molecule has 7 heteroatoms. The number of nitrogens with zero attached hydrogens (tertiary/aromatic N) is 1. The van der Waals surface area contributed by atoms with Crippen molar-refractivity contribution in [3.05, 3.63) is 54.1 Å². The van der Waals surface area contributed by atoms with Gasteiger partial charge in [-0.25, -0.2) is 8.42 Å². The van der Waals surface area contributed by atoms with Gasteiger partial charge in [0.2, 0.25) is 11.8 Å². The van der Waals surface area contributed by atoms with Gasteiger partial charge >= 0.3 is 0 Å². The first-order valence-electron chi connectivity index (χ1n) is 9.46. The molecule has 1 saturated carbocycles. The van der Waals surface area contributed by atoms with Crippen LogP contribution in [-0.4, -0.2) is 32.5 Å². The van der Waals surface area contributed by atoms with Gasteiger partial charge in [-0.3, -0.25) is 9.59 Å². The Labute approximate surface area is 164 Å². The molecule has 28 heavy (non-hydrogen) atoms. The molecule has 1 aliphatic heterocycles. The summed E-state index contributed by atoms with van der Waals surface area (Å²) in [5, 5.41) is 2.76. The minimum atomic E-state index is -3.49. The number of rotatable bonds is 6. The molecule has 4 rings (SSSR count). The van der Waals surface area contributed by atoms with Crippen LogP contribution in [-0.2, 0) is 25.8 Å². The van der Waals surface area contributed by atoms with Crippen molar-refractivity contribution < 1.29 is 18.0 Å². The molecule has 0 unspecified atom stereocenters. The van der Waals surface area contributed by atoms with E-state index in [4.69, 9.17) is 0 Å². The third-order valence-electron chi connectivity index (χ3n) is 5.16. The summed E-state index contributed by atoms with van der Waals surface area (Å²) in [4.78, 5) is 26.7. The molecule has 0 aromatic heterocycles. The highest BCUT2D eigenvalue weighted by molar-refractivity contribution is 7.91. The van der Waals surface area contributed by atoms with Crippen molar-refractivity contribution in [3.8, 4) is 0 Å². The van der Waals surface area contributed by atoms with E-state index in [1.165, 1.54) is 12.1 Å². The molecule has 2 aliphatic rings. The Balaban J connectivity index is 1.40. The van der Waals surface area contributed by atoms with Gasteiger partial charge in [-0.2, -0.15) is 0 Å². The number of carbonyl (C=O) groups excluding carboxylic acids is 2. The molecule has 0 bridgehead atoms. The zero-order chi connectivity index (χ0) is 19.7. The van der Waals surface area contributed by atoms with E-state index in [-0.39, 0.29) is 34.8 Å². The highest BCUT2D eigenvalue weighted by Gasteiger charge is 2.36. The molecule has 0 radical (unpaired) electrons. The van der Waals surface area contributed by atoms with Crippen LogP contribution >= 0.6 is 0 Å². The van der Waals surface area contributed by atoms with E-state index in [0.29, 0.717) is 12.2 Å². The van der Waals surface area contributed by atoms with Crippen LogP contribution < -0.4 is 10.2 Å². The summed E-state index contributed by atoms with van der Waals surface area (Å²) in [6, 6.07) is 13.7. The first-order chi connectivity index (χ1) is 13.4. The van der Waals surface area contributed by atoms with Crippen molar-refractivity contribution in [2.24, 2.45) is 5.92 Å². The van der Waals surface area contributed by atoms with E-state index < -0.39 is 9.84 Å².